The van der Waals surface area contributed by atoms with Gasteiger partial charge in [0.05, 0.1) is 17.3 Å². The van der Waals surface area contributed by atoms with Gasteiger partial charge in [-0.25, -0.2) is 4.39 Å². The van der Waals surface area contributed by atoms with Crippen LogP contribution >= 0.6 is 0 Å². The first-order valence-corrected chi connectivity index (χ1v) is 6.44. The number of benzene rings is 1. The fourth-order valence-electron chi connectivity index (χ4n) is 2.19. The second kappa shape index (κ2) is 6.30. The van der Waals surface area contributed by atoms with Crippen molar-refractivity contribution >= 4 is 11.6 Å². The van der Waals surface area contributed by atoms with Gasteiger partial charge in [-0.15, -0.1) is 0 Å². The zero-order valence-corrected chi connectivity index (χ0v) is 10.6. The highest BCUT2D eigenvalue weighted by Crippen LogP contribution is 2.17. The van der Waals surface area contributed by atoms with E-state index in [2.05, 4.69) is 10.6 Å². The molecule has 0 saturated carbocycles. The third-order valence-corrected chi connectivity index (χ3v) is 3.24. The summed E-state index contributed by atoms with van der Waals surface area (Å²) in [4.78, 5) is 12.1. The van der Waals surface area contributed by atoms with Crippen LogP contribution in [-0.4, -0.2) is 18.5 Å². The molecule has 4 nitrogen and oxygen atoms in total. The highest BCUT2D eigenvalue weighted by molar-refractivity contribution is 5.95. The third-order valence-electron chi connectivity index (χ3n) is 3.24. The van der Waals surface area contributed by atoms with Crippen LogP contribution < -0.4 is 10.6 Å². The van der Waals surface area contributed by atoms with Crippen molar-refractivity contribution in [3.8, 4) is 6.07 Å². The average Bonchev–Trinajstić information content (AvgIpc) is 2.69. The predicted molar refractivity (Wildman–Crippen MR) is 70.0 cm³/mol. The first kappa shape index (κ1) is 13.5. The Morgan fingerprint density at radius 2 is 2.26 bits per heavy atom. The molecule has 1 amide bonds. The summed E-state index contributed by atoms with van der Waals surface area (Å²) < 4.78 is 13.0. The Kier molecular flexibility index (Phi) is 4.48. The van der Waals surface area contributed by atoms with E-state index in [1.807, 2.05) is 6.07 Å². The molecule has 0 aromatic heterocycles. The monoisotopic (exact) mass is 261 g/mol. The molecule has 1 aromatic carbocycles. The van der Waals surface area contributed by atoms with Crippen LogP contribution in [0.4, 0.5) is 10.1 Å². The molecule has 0 spiro atoms. The van der Waals surface area contributed by atoms with Crippen molar-refractivity contribution in [2.45, 2.75) is 31.7 Å². The summed E-state index contributed by atoms with van der Waals surface area (Å²) in [6.07, 6.45) is 4.00. The lowest BCUT2D eigenvalue weighted by Gasteiger charge is -2.16. The summed E-state index contributed by atoms with van der Waals surface area (Å²) in [5.74, 6) is -0.646. The highest BCUT2D eigenvalue weighted by atomic mass is 19.1. The standard InChI is InChI=1S/C14H16FN3O/c15-11-5-6-12(10(8-11)9-16)18-14(19)13-4-2-1-3-7-17-13/h5-6,8,13,17H,1-4,7H2,(H,18,19). The normalized spacial score (nSPS) is 19.3. The van der Waals surface area contributed by atoms with Crippen molar-refractivity contribution in [2.24, 2.45) is 0 Å². The number of carbonyl (C=O) groups is 1. The third kappa shape index (κ3) is 3.52. The van der Waals surface area contributed by atoms with E-state index < -0.39 is 5.82 Å². The molecule has 1 aliphatic heterocycles. The van der Waals surface area contributed by atoms with Crippen LogP contribution in [0, 0.1) is 17.1 Å². The van der Waals surface area contributed by atoms with Crippen molar-refractivity contribution in [3.05, 3.63) is 29.6 Å². The quantitative estimate of drug-likeness (QED) is 0.857. The van der Waals surface area contributed by atoms with E-state index >= 15 is 0 Å². The van der Waals surface area contributed by atoms with E-state index in [4.69, 9.17) is 5.26 Å². The van der Waals surface area contributed by atoms with Gasteiger partial charge in [0, 0.05) is 0 Å². The minimum Gasteiger partial charge on any atom is -0.324 e. The lowest BCUT2D eigenvalue weighted by Crippen LogP contribution is -2.40. The van der Waals surface area contributed by atoms with Crippen LogP contribution in [-0.2, 0) is 4.79 Å². The van der Waals surface area contributed by atoms with Gasteiger partial charge >= 0.3 is 0 Å². The molecule has 1 aliphatic rings. The van der Waals surface area contributed by atoms with Crippen molar-refractivity contribution < 1.29 is 9.18 Å². The van der Waals surface area contributed by atoms with E-state index in [0.717, 1.165) is 38.3 Å². The molecule has 1 aromatic rings. The summed E-state index contributed by atoms with van der Waals surface area (Å²) in [6.45, 7) is 0.826. The SMILES string of the molecule is N#Cc1cc(F)ccc1NC(=O)C1CCCCCN1. The Bertz CT molecular complexity index is 502. The number of carbonyl (C=O) groups excluding carboxylic acids is 1. The first-order valence-electron chi connectivity index (χ1n) is 6.44. The van der Waals surface area contributed by atoms with Gasteiger partial charge in [0.2, 0.25) is 5.91 Å². The topological polar surface area (TPSA) is 64.9 Å². The summed E-state index contributed by atoms with van der Waals surface area (Å²) in [7, 11) is 0. The van der Waals surface area contributed by atoms with E-state index in [9.17, 15) is 9.18 Å². The molecule has 1 heterocycles. The van der Waals surface area contributed by atoms with Crippen LogP contribution in [0.3, 0.4) is 0 Å². The van der Waals surface area contributed by atoms with Crippen molar-refractivity contribution in [3.63, 3.8) is 0 Å². The van der Waals surface area contributed by atoms with Crippen LogP contribution in [0.5, 0.6) is 0 Å². The smallest absolute Gasteiger partial charge is 0.241 e. The number of rotatable bonds is 2. The second-order valence-electron chi connectivity index (χ2n) is 4.65. The number of halogens is 1. The van der Waals surface area contributed by atoms with Gasteiger partial charge in [0.15, 0.2) is 0 Å². The van der Waals surface area contributed by atoms with Gasteiger partial charge in [0.25, 0.3) is 0 Å². The zero-order valence-electron chi connectivity index (χ0n) is 10.6. The molecular formula is C14H16FN3O. The number of anilines is 1. The van der Waals surface area contributed by atoms with Crippen LogP contribution in [0.15, 0.2) is 18.2 Å². The maximum absolute atomic E-state index is 13.0. The fraction of sp³-hybridized carbons (Fsp3) is 0.429. The lowest BCUT2D eigenvalue weighted by atomic mass is 10.1. The highest BCUT2D eigenvalue weighted by Gasteiger charge is 2.20. The number of nitrogens with zero attached hydrogens (tertiary/aromatic N) is 1. The number of nitrogens with one attached hydrogen (secondary N) is 2. The molecule has 1 saturated heterocycles. The Labute approximate surface area is 111 Å². The summed E-state index contributed by atoms with van der Waals surface area (Å²) >= 11 is 0. The van der Waals surface area contributed by atoms with Gasteiger partial charge in [-0.1, -0.05) is 12.8 Å². The molecule has 0 bridgehead atoms. The Morgan fingerprint density at radius 1 is 1.42 bits per heavy atom. The van der Waals surface area contributed by atoms with Crippen molar-refractivity contribution in [1.29, 1.82) is 5.26 Å². The summed E-state index contributed by atoms with van der Waals surface area (Å²) in [6, 6.07) is 5.42. The van der Waals surface area contributed by atoms with Gasteiger partial charge < -0.3 is 10.6 Å². The van der Waals surface area contributed by atoms with Crippen LogP contribution in [0.25, 0.3) is 0 Å². The minimum atomic E-state index is -0.484. The minimum absolute atomic E-state index is 0.141. The van der Waals surface area contributed by atoms with E-state index in [1.165, 1.54) is 12.1 Å². The molecule has 2 rings (SSSR count). The molecule has 2 N–H and O–H groups in total. The van der Waals surface area contributed by atoms with Gasteiger partial charge in [-0.2, -0.15) is 5.26 Å². The number of hydrogen-bond donors (Lipinski definition) is 2. The fourth-order valence-corrected chi connectivity index (χ4v) is 2.19. The number of hydrogen-bond acceptors (Lipinski definition) is 3. The summed E-state index contributed by atoms with van der Waals surface area (Å²) in [5, 5.41) is 14.8. The van der Waals surface area contributed by atoms with Gasteiger partial charge in [0.1, 0.15) is 11.9 Å². The first-order chi connectivity index (χ1) is 9.20. The largest absolute Gasteiger partial charge is 0.324 e. The maximum atomic E-state index is 13.0. The van der Waals surface area contributed by atoms with Gasteiger partial charge in [-0.05, 0) is 37.6 Å². The van der Waals surface area contributed by atoms with Crippen LogP contribution in [0.2, 0.25) is 0 Å². The molecule has 19 heavy (non-hydrogen) atoms. The second-order valence-corrected chi connectivity index (χ2v) is 4.65. The van der Waals surface area contributed by atoms with E-state index in [0.29, 0.717) is 5.69 Å². The van der Waals surface area contributed by atoms with E-state index in [1.54, 1.807) is 0 Å². The zero-order chi connectivity index (χ0) is 13.7. The molecule has 1 unspecified atom stereocenters. The Balaban J connectivity index is 2.08. The Morgan fingerprint density at radius 3 is 3.05 bits per heavy atom. The van der Waals surface area contributed by atoms with Crippen molar-refractivity contribution in [2.75, 3.05) is 11.9 Å². The molecule has 5 heteroatoms. The molecule has 100 valence electrons. The van der Waals surface area contributed by atoms with Gasteiger partial charge in [-0.3, -0.25) is 4.79 Å². The molecule has 1 atom stereocenters. The molecule has 0 aliphatic carbocycles. The van der Waals surface area contributed by atoms with Crippen molar-refractivity contribution in [1.82, 2.24) is 5.32 Å². The lowest BCUT2D eigenvalue weighted by molar-refractivity contribution is -0.118. The number of amides is 1. The Hall–Kier alpha value is -1.93. The molecular weight excluding hydrogens is 245 g/mol. The average molecular weight is 261 g/mol. The van der Waals surface area contributed by atoms with Crippen LogP contribution in [0.1, 0.15) is 31.2 Å². The predicted octanol–water partition coefficient (Wildman–Crippen LogP) is 2.17. The maximum Gasteiger partial charge on any atom is 0.241 e. The number of nitriles is 1. The van der Waals surface area contributed by atoms with E-state index in [-0.39, 0.29) is 17.5 Å². The summed E-state index contributed by atoms with van der Waals surface area (Å²) in [5.41, 5.74) is 0.502. The molecule has 0 radical (unpaired) electrons. The molecule has 1 fully saturated rings.